The van der Waals surface area contributed by atoms with Crippen LogP contribution in [0.3, 0.4) is 0 Å². The zero-order valence-electron chi connectivity index (χ0n) is 14.9. The molecule has 1 aliphatic heterocycles. The van der Waals surface area contributed by atoms with Crippen molar-refractivity contribution < 1.29 is 4.79 Å². The number of piperidine rings is 1. The first-order chi connectivity index (χ1) is 10.6. The summed E-state index contributed by atoms with van der Waals surface area (Å²) >= 11 is 0. The molecule has 1 amide bonds. The molecule has 3 nitrogen and oxygen atoms in total. The highest BCUT2D eigenvalue weighted by Crippen LogP contribution is 2.33. The smallest absolute Gasteiger partial charge is 0.225 e. The van der Waals surface area contributed by atoms with Gasteiger partial charge in [-0.1, -0.05) is 46.0 Å². The second kappa shape index (κ2) is 8.90. The lowest BCUT2D eigenvalue weighted by molar-refractivity contribution is -0.139. The molecule has 22 heavy (non-hydrogen) atoms. The summed E-state index contributed by atoms with van der Waals surface area (Å²) in [6.07, 6.45) is 10.3. The van der Waals surface area contributed by atoms with Crippen molar-refractivity contribution in [3.05, 3.63) is 0 Å². The van der Waals surface area contributed by atoms with Gasteiger partial charge >= 0.3 is 0 Å². The molecule has 2 aliphatic rings. The standard InChI is InChI=1S/C19H36N2O/c1-15(2)18(13-16-7-5-4-6-8-16)19(22)21-11-9-17(10-12-21)14-20-3/h15-18,20H,4-14H2,1-3H3. The van der Waals surface area contributed by atoms with Crippen LogP contribution in [0.25, 0.3) is 0 Å². The van der Waals surface area contributed by atoms with Crippen LogP contribution in [-0.4, -0.2) is 37.5 Å². The molecule has 2 rings (SSSR count). The monoisotopic (exact) mass is 308 g/mol. The summed E-state index contributed by atoms with van der Waals surface area (Å²) in [7, 11) is 2.02. The number of nitrogens with one attached hydrogen (secondary N) is 1. The summed E-state index contributed by atoms with van der Waals surface area (Å²) in [5.74, 6) is 2.73. The Kier molecular flexibility index (Phi) is 7.20. The van der Waals surface area contributed by atoms with E-state index in [9.17, 15) is 4.79 Å². The zero-order chi connectivity index (χ0) is 15.9. The molecule has 128 valence electrons. The van der Waals surface area contributed by atoms with Crippen LogP contribution in [0.5, 0.6) is 0 Å². The number of rotatable bonds is 6. The van der Waals surface area contributed by atoms with Crippen LogP contribution in [0.4, 0.5) is 0 Å². The Bertz CT molecular complexity index is 328. The Morgan fingerprint density at radius 2 is 1.68 bits per heavy atom. The minimum atomic E-state index is 0.254. The lowest BCUT2D eigenvalue weighted by atomic mass is 9.78. The number of hydrogen-bond donors (Lipinski definition) is 1. The summed E-state index contributed by atoms with van der Waals surface area (Å²) in [6.45, 7) is 7.51. The fourth-order valence-electron chi connectivity index (χ4n) is 4.32. The quantitative estimate of drug-likeness (QED) is 0.811. The first-order valence-corrected chi connectivity index (χ1v) is 9.55. The van der Waals surface area contributed by atoms with Gasteiger partial charge in [-0.3, -0.25) is 4.79 Å². The van der Waals surface area contributed by atoms with E-state index >= 15 is 0 Å². The first-order valence-electron chi connectivity index (χ1n) is 9.55. The number of hydrogen-bond acceptors (Lipinski definition) is 2. The Balaban J connectivity index is 1.86. The number of likely N-dealkylation sites (tertiary alicyclic amines) is 1. The average molecular weight is 309 g/mol. The predicted molar refractivity (Wildman–Crippen MR) is 92.8 cm³/mol. The highest BCUT2D eigenvalue weighted by molar-refractivity contribution is 5.79. The molecule has 1 saturated carbocycles. The zero-order valence-corrected chi connectivity index (χ0v) is 14.9. The normalized spacial score (nSPS) is 23.0. The molecular weight excluding hydrogens is 272 g/mol. The molecule has 1 saturated heterocycles. The van der Waals surface area contributed by atoms with Crippen molar-refractivity contribution >= 4 is 5.91 Å². The second-order valence-corrected chi connectivity index (χ2v) is 7.92. The second-order valence-electron chi connectivity index (χ2n) is 7.92. The first kappa shape index (κ1) is 17.8. The van der Waals surface area contributed by atoms with Crippen LogP contribution >= 0.6 is 0 Å². The SMILES string of the molecule is CNCC1CCN(C(=O)C(CC2CCCCC2)C(C)C)CC1. The van der Waals surface area contributed by atoms with Gasteiger partial charge in [-0.15, -0.1) is 0 Å². The molecule has 0 aromatic heterocycles. The molecule has 1 unspecified atom stereocenters. The number of amides is 1. The van der Waals surface area contributed by atoms with E-state index in [1.165, 1.54) is 44.9 Å². The van der Waals surface area contributed by atoms with Gasteiger partial charge in [0, 0.05) is 19.0 Å². The van der Waals surface area contributed by atoms with E-state index in [-0.39, 0.29) is 5.92 Å². The van der Waals surface area contributed by atoms with E-state index in [0.717, 1.165) is 37.9 Å². The third kappa shape index (κ3) is 4.97. The molecule has 0 aromatic rings. The summed E-state index contributed by atoms with van der Waals surface area (Å²) in [6, 6.07) is 0. The third-order valence-corrected chi connectivity index (χ3v) is 5.85. The van der Waals surface area contributed by atoms with Gasteiger partial charge in [-0.2, -0.15) is 0 Å². The van der Waals surface area contributed by atoms with Crippen LogP contribution in [0, 0.1) is 23.7 Å². The van der Waals surface area contributed by atoms with Crippen molar-refractivity contribution in [2.75, 3.05) is 26.7 Å². The molecule has 3 heteroatoms. The van der Waals surface area contributed by atoms with E-state index in [4.69, 9.17) is 0 Å². The van der Waals surface area contributed by atoms with Crippen molar-refractivity contribution in [1.29, 1.82) is 0 Å². The van der Waals surface area contributed by atoms with Crippen molar-refractivity contribution in [2.24, 2.45) is 23.7 Å². The third-order valence-electron chi connectivity index (χ3n) is 5.85. The lowest BCUT2D eigenvalue weighted by Crippen LogP contribution is -2.44. The van der Waals surface area contributed by atoms with Gasteiger partial charge in [0.05, 0.1) is 0 Å². The average Bonchev–Trinajstić information content (AvgIpc) is 2.54. The Labute approximate surface area is 137 Å². The predicted octanol–water partition coefficient (Wildman–Crippen LogP) is 3.69. The van der Waals surface area contributed by atoms with E-state index in [1.54, 1.807) is 0 Å². The highest BCUT2D eigenvalue weighted by Gasteiger charge is 2.32. The van der Waals surface area contributed by atoms with Gasteiger partial charge in [-0.05, 0) is 50.6 Å². The molecular formula is C19H36N2O. The van der Waals surface area contributed by atoms with E-state index in [0.29, 0.717) is 11.8 Å². The molecule has 1 heterocycles. The van der Waals surface area contributed by atoms with Crippen LogP contribution < -0.4 is 5.32 Å². The van der Waals surface area contributed by atoms with Crippen molar-refractivity contribution in [3.63, 3.8) is 0 Å². The number of nitrogens with zero attached hydrogens (tertiary/aromatic N) is 1. The van der Waals surface area contributed by atoms with Gasteiger partial charge in [-0.25, -0.2) is 0 Å². The van der Waals surface area contributed by atoms with Gasteiger partial charge < -0.3 is 10.2 Å². The van der Waals surface area contributed by atoms with E-state index in [1.807, 2.05) is 7.05 Å². The van der Waals surface area contributed by atoms with Gasteiger partial charge in [0.25, 0.3) is 0 Å². The minimum absolute atomic E-state index is 0.254. The Morgan fingerprint density at radius 1 is 1.05 bits per heavy atom. The van der Waals surface area contributed by atoms with Crippen molar-refractivity contribution in [3.8, 4) is 0 Å². The largest absolute Gasteiger partial charge is 0.342 e. The Morgan fingerprint density at radius 3 is 2.23 bits per heavy atom. The van der Waals surface area contributed by atoms with Crippen LogP contribution in [-0.2, 0) is 4.79 Å². The minimum Gasteiger partial charge on any atom is -0.342 e. The lowest BCUT2D eigenvalue weighted by Gasteiger charge is -2.36. The molecule has 1 atom stereocenters. The number of carbonyl (C=O) groups excluding carboxylic acids is 1. The maximum atomic E-state index is 13.0. The van der Waals surface area contributed by atoms with Crippen molar-refractivity contribution in [2.45, 2.75) is 65.2 Å². The molecule has 0 spiro atoms. The topological polar surface area (TPSA) is 32.3 Å². The van der Waals surface area contributed by atoms with E-state index < -0.39 is 0 Å². The van der Waals surface area contributed by atoms with Crippen LogP contribution in [0.15, 0.2) is 0 Å². The molecule has 2 fully saturated rings. The maximum Gasteiger partial charge on any atom is 0.225 e. The molecule has 1 N–H and O–H groups in total. The summed E-state index contributed by atoms with van der Waals surface area (Å²) in [5, 5.41) is 3.27. The summed E-state index contributed by atoms with van der Waals surface area (Å²) < 4.78 is 0. The van der Waals surface area contributed by atoms with E-state index in [2.05, 4.69) is 24.1 Å². The number of carbonyl (C=O) groups is 1. The Hall–Kier alpha value is -0.570. The van der Waals surface area contributed by atoms with Crippen LogP contribution in [0.1, 0.15) is 65.2 Å². The van der Waals surface area contributed by atoms with Crippen molar-refractivity contribution in [1.82, 2.24) is 10.2 Å². The van der Waals surface area contributed by atoms with Gasteiger partial charge in [0.1, 0.15) is 0 Å². The fourth-order valence-corrected chi connectivity index (χ4v) is 4.32. The maximum absolute atomic E-state index is 13.0. The van der Waals surface area contributed by atoms with Crippen LogP contribution in [0.2, 0.25) is 0 Å². The molecule has 0 radical (unpaired) electrons. The molecule has 0 aromatic carbocycles. The molecule has 1 aliphatic carbocycles. The summed E-state index contributed by atoms with van der Waals surface area (Å²) in [5.41, 5.74) is 0. The fraction of sp³-hybridized carbons (Fsp3) is 0.947. The van der Waals surface area contributed by atoms with Gasteiger partial charge in [0.15, 0.2) is 0 Å². The van der Waals surface area contributed by atoms with Gasteiger partial charge in [0.2, 0.25) is 5.91 Å². The highest BCUT2D eigenvalue weighted by atomic mass is 16.2. The molecule has 0 bridgehead atoms. The summed E-state index contributed by atoms with van der Waals surface area (Å²) in [4.78, 5) is 15.2.